The molecule has 2 aromatic rings. The van der Waals surface area contributed by atoms with Gasteiger partial charge in [-0.1, -0.05) is 12.1 Å². The van der Waals surface area contributed by atoms with Crippen LogP contribution in [0.5, 0.6) is 0 Å². The largest absolute Gasteiger partial charge is 0.278 e. The Labute approximate surface area is 117 Å². The van der Waals surface area contributed by atoms with Crippen LogP contribution in [0.2, 0.25) is 0 Å². The molecule has 0 saturated carbocycles. The molecule has 2 aromatic carbocycles. The summed E-state index contributed by atoms with van der Waals surface area (Å²) in [6.07, 6.45) is 0. The van der Waals surface area contributed by atoms with E-state index in [-0.39, 0.29) is 5.69 Å². The van der Waals surface area contributed by atoms with Crippen LogP contribution in [0.25, 0.3) is 0 Å². The number of hydrogen-bond donors (Lipinski definition) is 1. The number of halogens is 3. The number of anilines is 1. The minimum atomic E-state index is -4.18. The number of benzene rings is 2. The molecule has 7 heteroatoms. The lowest BCUT2D eigenvalue weighted by Gasteiger charge is -2.10. The summed E-state index contributed by atoms with van der Waals surface area (Å²) in [7, 11) is -4.18. The Morgan fingerprint density at radius 3 is 2.42 bits per heavy atom. The van der Waals surface area contributed by atoms with Crippen molar-refractivity contribution < 1.29 is 17.2 Å². The number of nitrogens with one attached hydrogen (secondary N) is 1. The highest BCUT2D eigenvalue weighted by atomic mass is 79.9. The summed E-state index contributed by atoms with van der Waals surface area (Å²) in [5.74, 6) is -1.84. The van der Waals surface area contributed by atoms with Gasteiger partial charge < -0.3 is 0 Å². The van der Waals surface area contributed by atoms with Crippen LogP contribution in [0, 0.1) is 11.6 Å². The quantitative estimate of drug-likeness (QED) is 0.923. The van der Waals surface area contributed by atoms with Gasteiger partial charge in [0.05, 0.1) is 5.69 Å². The van der Waals surface area contributed by atoms with Gasteiger partial charge in [0, 0.05) is 4.47 Å². The SMILES string of the molecule is O=S(=O)(Nc1ccccc1Br)c1cc(F)ccc1F. The monoisotopic (exact) mass is 347 g/mol. The number of sulfonamides is 1. The maximum Gasteiger partial charge on any atom is 0.264 e. The van der Waals surface area contributed by atoms with E-state index < -0.39 is 26.6 Å². The van der Waals surface area contributed by atoms with Crippen LogP contribution in [-0.4, -0.2) is 8.42 Å². The van der Waals surface area contributed by atoms with Crippen LogP contribution in [-0.2, 0) is 10.0 Å². The van der Waals surface area contributed by atoms with E-state index in [2.05, 4.69) is 20.7 Å². The van der Waals surface area contributed by atoms with E-state index in [1.807, 2.05) is 0 Å². The zero-order valence-electron chi connectivity index (χ0n) is 9.40. The molecule has 0 amide bonds. The van der Waals surface area contributed by atoms with Crippen LogP contribution in [0.3, 0.4) is 0 Å². The molecule has 0 aliphatic rings. The van der Waals surface area contributed by atoms with Gasteiger partial charge in [-0.3, -0.25) is 4.72 Å². The number of hydrogen-bond acceptors (Lipinski definition) is 2. The Bertz CT molecular complexity index is 719. The minimum Gasteiger partial charge on any atom is -0.278 e. The molecule has 0 unspecified atom stereocenters. The summed E-state index contributed by atoms with van der Waals surface area (Å²) < 4.78 is 53.2. The highest BCUT2D eigenvalue weighted by molar-refractivity contribution is 9.10. The first-order chi connectivity index (χ1) is 8.90. The Hall–Kier alpha value is -1.47. The van der Waals surface area contributed by atoms with Crippen LogP contribution in [0.4, 0.5) is 14.5 Å². The van der Waals surface area contributed by atoms with Crippen molar-refractivity contribution in [2.45, 2.75) is 4.90 Å². The zero-order chi connectivity index (χ0) is 14.0. The van der Waals surface area contributed by atoms with Crippen LogP contribution < -0.4 is 4.72 Å². The van der Waals surface area contributed by atoms with Crippen molar-refractivity contribution in [2.75, 3.05) is 4.72 Å². The smallest absolute Gasteiger partial charge is 0.264 e. The molecule has 0 spiro atoms. The first-order valence-electron chi connectivity index (χ1n) is 5.12. The van der Waals surface area contributed by atoms with Crippen molar-refractivity contribution >= 4 is 31.6 Å². The highest BCUT2D eigenvalue weighted by Crippen LogP contribution is 2.25. The van der Waals surface area contributed by atoms with Crippen molar-refractivity contribution in [1.29, 1.82) is 0 Å². The van der Waals surface area contributed by atoms with Crippen molar-refractivity contribution in [3.8, 4) is 0 Å². The summed E-state index contributed by atoms with van der Waals surface area (Å²) in [5.41, 5.74) is 0.242. The molecule has 0 heterocycles. The summed E-state index contributed by atoms with van der Waals surface area (Å²) in [5, 5.41) is 0. The first-order valence-corrected chi connectivity index (χ1v) is 7.40. The Kier molecular flexibility index (Phi) is 3.86. The molecule has 3 nitrogen and oxygen atoms in total. The van der Waals surface area contributed by atoms with Crippen LogP contribution in [0.15, 0.2) is 51.8 Å². The molecule has 0 fully saturated rings. The third kappa shape index (κ3) is 3.10. The van der Waals surface area contributed by atoms with E-state index in [1.165, 1.54) is 6.07 Å². The fourth-order valence-electron chi connectivity index (χ4n) is 1.43. The molecule has 0 saturated heterocycles. The van der Waals surface area contributed by atoms with Crippen LogP contribution in [0.1, 0.15) is 0 Å². The molecule has 100 valence electrons. The second-order valence-electron chi connectivity index (χ2n) is 3.66. The topological polar surface area (TPSA) is 46.2 Å². The Morgan fingerprint density at radius 2 is 1.74 bits per heavy atom. The van der Waals surface area contributed by atoms with Crippen LogP contribution >= 0.6 is 15.9 Å². The fourth-order valence-corrected chi connectivity index (χ4v) is 3.11. The van der Waals surface area contributed by atoms with Crippen molar-refractivity contribution in [1.82, 2.24) is 0 Å². The van der Waals surface area contributed by atoms with Gasteiger partial charge in [0.25, 0.3) is 10.0 Å². The lowest BCUT2D eigenvalue weighted by Crippen LogP contribution is -2.15. The molecule has 0 bridgehead atoms. The first kappa shape index (κ1) is 14.0. The molecular formula is C12H8BrF2NO2S. The standard InChI is InChI=1S/C12H8BrF2NO2S/c13-9-3-1-2-4-11(9)16-19(17,18)12-7-8(14)5-6-10(12)15/h1-7,16H. The average Bonchev–Trinajstić information content (AvgIpc) is 2.35. The minimum absolute atomic E-state index is 0.242. The van der Waals surface area contributed by atoms with E-state index >= 15 is 0 Å². The predicted molar refractivity (Wildman–Crippen MR) is 71.3 cm³/mol. The second kappa shape index (κ2) is 5.26. The normalized spacial score (nSPS) is 11.3. The van der Waals surface area contributed by atoms with Crippen molar-refractivity contribution in [3.05, 3.63) is 58.6 Å². The van der Waals surface area contributed by atoms with E-state index in [0.29, 0.717) is 10.5 Å². The fraction of sp³-hybridized carbons (Fsp3) is 0. The molecule has 0 atom stereocenters. The van der Waals surface area contributed by atoms with Gasteiger partial charge in [0.1, 0.15) is 16.5 Å². The third-order valence-electron chi connectivity index (χ3n) is 2.30. The number of rotatable bonds is 3. The number of para-hydroxylation sites is 1. The highest BCUT2D eigenvalue weighted by Gasteiger charge is 2.20. The summed E-state index contributed by atoms with van der Waals surface area (Å²) in [6, 6.07) is 8.69. The van der Waals surface area contributed by atoms with E-state index in [4.69, 9.17) is 0 Å². The zero-order valence-corrected chi connectivity index (χ0v) is 11.8. The van der Waals surface area contributed by atoms with Gasteiger partial charge in [0.15, 0.2) is 0 Å². The maximum absolute atomic E-state index is 13.5. The lowest BCUT2D eigenvalue weighted by molar-refractivity contribution is 0.555. The molecule has 19 heavy (non-hydrogen) atoms. The predicted octanol–water partition coefficient (Wildman–Crippen LogP) is 3.53. The average molecular weight is 348 g/mol. The molecule has 0 aromatic heterocycles. The van der Waals surface area contributed by atoms with Gasteiger partial charge in [-0.25, -0.2) is 17.2 Å². The summed E-state index contributed by atoms with van der Waals surface area (Å²) in [4.78, 5) is -0.733. The van der Waals surface area contributed by atoms with Crippen molar-refractivity contribution in [2.24, 2.45) is 0 Å². The van der Waals surface area contributed by atoms with Gasteiger partial charge in [0.2, 0.25) is 0 Å². The summed E-state index contributed by atoms with van der Waals surface area (Å²) >= 11 is 3.16. The maximum atomic E-state index is 13.5. The molecule has 1 N–H and O–H groups in total. The Morgan fingerprint density at radius 1 is 1.05 bits per heavy atom. The Balaban J connectivity index is 2.44. The molecule has 2 rings (SSSR count). The molecular weight excluding hydrogens is 340 g/mol. The van der Waals surface area contributed by atoms with Gasteiger partial charge in [-0.2, -0.15) is 0 Å². The van der Waals surface area contributed by atoms with Gasteiger partial charge in [-0.05, 0) is 46.3 Å². The second-order valence-corrected chi connectivity index (χ2v) is 6.17. The summed E-state index contributed by atoms with van der Waals surface area (Å²) in [6.45, 7) is 0. The molecule has 0 radical (unpaired) electrons. The molecule has 0 aliphatic heterocycles. The van der Waals surface area contributed by atoms with Crippen molar-refractivity contribution in [3.63, 3.8) is 0 Å². The third-order valence-corrected chi connectivity index (χ3v) is 4.37. The van der Waals surface area contributed by atoms with E-state index in [9.17, 15) is 17.2 Å². The van der Waals surface area contributed by atoms with E-state index in [1.54, 1.807) is 18.2 Å². The van der Waals surface area contributed by atoms with Gasteiger partial charge >= 0.3 is 0 Å². The van der Waals surface area contributed by atoms with E-state index in [0.717, 1.165) is 12.1 Å². The lowest BCUT2D eigenvalue weighted by atomic mass is 10.3. The molecule has 0 aliphatic carbocycles. The van der Waals surface area contributed by atoms with Gasteiger partial charge in [-0.15, -0.1) is 0 Å².